The number of nitrogens with one attached hydrogen (secondary N) is 2. The summed E-state index contributed by atoms with van der Waals surface area (Å²) in [6, 6.07) is 75.5. The Morgan fingerprint density at radius 2 is 0.320 bits per heavy atom. The number of nitrogens with zero attached hydrogens (tertiary/aromatic N) is 14. The summed E-state index contributed by atoms with van der Waals surface area (Å²) in [4.78, 5) is 63.1. The molecule has 0 unspecified atom stereocenters. The number of rotatable bonds is 16. The Morgan fingerprint density at radius 1 is 0.170 bits per heavy atom. The molecule has 474 valence electrons. The lowest BCUT2D eigenvalue weighted by molar-refractivity contribution is 1.22. The van der Waals surface area contributed by atoms with Crippen molar-refractivity contribution in [2.45, 2.75) is 0 Å². The second kappa shape index (κ2) is 26.6. The fourth-order valence-corrected chi connectivity index (χ4v) is 13.3. The highest BCUT2D eigenvalue weighted by Gasteiger charge is 2.23. The number of aromatic nitrogens is 12. The molecule has 16 nitrogen and oxygen atoms in total. The number of H-pyrrole nitrogens is 2. The van der Waals surface area contributed by atoms with Crippen molar-refractivity contribution in [1.82, 2.24) is 59.8 Å². The zero-order chi connectivity index (χ0) is 66.6. The van der Waals surface area contributed by atoms with Crippen LogP contribution >= 0.6 is 0 Å². The highest BCUT2D eigenvalue weighted by molar-refractivity contribution is 6.01. The molecule has 2 aliphatic heterocycles. The molecule has 0 spiro atoms. The van der Waals surface area contributed by atoms with Crippen LogP contribution in [0.1, 0.15) is 22.8 Å². The predicted molar refractivity (Wildman–Crippen MR) is 402 cm³/mol. The minimum atomic E-state index is 0.776. The smallest absolute Gasteiger partial charge is 0.0737 e. The van der Waals surface area contributed by atoms with E-state index in [2.05, 4.69) is 215 Å². The van der Waals surface area contributed by atoms with Crippen molar-refractivity contribution in [3.05, 3.63) is 340 Å². The van der Waals surface area contributed by atoms with Gasteiger partial charge in [0.2, 0.25) is 0 Å². The second-order valence-corrected chi connectivity index (χ2v) is 23.7. The third kappa shape index (κ3) is 11.7. The molecule has 13 heterocycles. The molecule has 15 aromatic rings. The van der Waals surface area contributed by atoms with Crippen LogP contribution in [0.3, 0.4) is 0 Å². The molecule has 100 heavy (non-hydrogen) atoms. The molecular formula is C84H58N16. The molecule has 0 aliphatic carbocycles. The molecule has 0 atom stereocenters. The number of benzene rings is 4. The zero-order valence-electron chi connectivity index (χ0n) is 53.6. The van der Waals surface area contributed by atoms with Crippen LogP contribution in [-0.4, -0.2) is 59.8 Å². The summed E-state index contributed by atoms with van der Waals surface area (Å²) in [6.07, 6.45) is 37.5. The fraction of sp³-hybridized carbons (Fsp3) is 0. The molecule has 0 radical (unpaired) electrons. The van der Waals surface area contributed by atoms with Gasteiger partial charge in [-0.3, -0.25) is 39.9 Å². The normalized spacial score (nSPS) is 11.5. The number of anilines is 12. The largest absolute Gasteiger partial charge is 0.354 e. The number of hydrogen-bond donors (Lipinski definition) is 2. The molecule has 16 heteroatoms. The first-order valence-electron chi connectivity index (χ1n) is 32.6. The maximum atomic E-state index is 5.73. The number of fused-ring (bicyclic) bond motifs is 8. The van der Waals surface area contributed by atoms with E-state index in [-0.39, 0.29) is 0 Å². The fourth-order valence-electron chi connectivity index (χ4n) is 13.3. The van der Waals surface area contributed by atoms with Gasteiger partial charge in [-0.1, -0.05) is 48.5 Å². The highest BCUT2D eigenvalue weighted by Crippen LogP contribution is 2.44. The number of aromatic amines is 2. The molecular weight excluding hydrogens is 1230 g/mol. The third-order valence-corrected chi connectivity index (χ3v) is 17.8. The molecule has 0 fully saturated rings. The molecule has 17 rings (SSSR count). The minimum absolute atomic E-state index is 0.776. The van der Waals surface area contributed by atoms with Gasteiger partial charge in [0, 0.05) is 212 Å². The van der Waals surface area contributed by atoms with Crippen molar-refractivity contribution in [2.24, 2.45) is 0 Å². The van der Waals surface area contributed by atoms with E-state index in [9.17, 15) is 0 Å². The molecule has 4 aromatic carbocycles. The van der Waals surface area contributed by atoms with Gasteiger partial charge < -0.3 is 29.6 Å². The third-order valence-electron chi connectivity index (χ3n) is 17.8. The van der Waals surface area contributed by atoms with E-state index in [1.807, 2.05) is 196 Å². The van der Waals surface area contributed by atoms with Crippen LogP contribution < -0.4 is 19.6 Å². The van der Waals surface area contributed by atoms with Gasteiger partial charge >= 0.3 is 0 Å². The van der Waals surface area contributed by atoms with Gasteiger partial charge in [-0.15, -0.1) is 0 Å². The van der Waals surface area contributed by atoms with Gasteiger partial charge in [0.1, 0.15) is 0 Å². The van der Waals surface area contributed by atoms with Crippen molar-refractivity contribution < 1.29 is 0 Å². The van der Waals surface area contributed by atoms with Gasteiger partial charge in [-0.05, 0) is 216 Å². The Kier molecular flexibility index (Phi) is 15.8. The quantitative estimate of drug-likeness (QED) is 0.0935. The first-order chi connectivity index (χ1) is 49.6. The van der Waals surface area contributed by atoms with E-state index in [4.69, 9.17) is 9.97 Å². The van der Waals surface area contributed by atoms with Crippen molar-refractivity contribution in [3.63, 3.8) is 0 Å². The average molecular weight is 1290 g/mol. The van der Waals surface area contributed by atoms with Crippen molar-refractivity contribution in [2.75, 3.05) is 19.6 Å². The lowest BCUT2D eigenvalue weighted by Gasteiger charge is -2.25. The maximum absolute atomic E-state index is 5.73. The van der Waals surface area contributed by atoms with Crippen molar-refractivity contribution in [3.8, 4) is 44.5 Å². The average Bonchev–Trinajstić information content (AvgIpc) is 1.59. The minimum Gasteiger partial charge on any atom is -0.354 e. The predicted octanol–water partition coefficient (Wildman–Crippen LogP) is 20.4. The Bertz CT molecular complexity index is 4760. The second-order valence-electron chi connectivity index (χ2n) is 23.7. The molecule has 2 aliphatic rings. The van der Waals surface area contributed by atoms with Crippen LogP contribution in [0.15, 0.2) is 318 Å². The number of pyridine rings is 8. The van der Waals surface area contributed by atoms with E-state index >= 15 is 0 Å². The molecule has 2 N–H and O–H groups in total. The highest BCUT2D eigenvalue weighted by atomic mass is 15.2. The summed E-state index contributed by atoms with van der Waals surface area (Å²) >= 11 is 0. The van der Waals surface area contributed by atoms with Crippen molar-refractivity contribution >= 4 is 115 Å². The maximum Gasteiger partial charge on any atom is 0.0737 e. The zero-order valence-corrected chi connectivity index (χ0v) is 53.6. The van der Waals surface area contributed by atoms with E-state index in [0.29, 0.717) is 0 Å². The molecule has 0 saturated heterocycles. The lowest BCUT2D eigenvalue weighted by Crippen LogP contribution is -2.09. The molecule has 11 aromatic heterocycles. The SMILES string of the molecule is C1=Cc2nc1c(-c1ccc(N(c3ccncc3)c3ccncc3)cc1)c1ccc([nH]1)c(-c1ccc(N(c3ccncc3)c3ccncc3)cc1)c1nc(c(-c3ccc(N(c4ccncc4)c4ccncc4)cc3)c3ccc([nH]3)c2-c2ccc(N(c3ccncc3)c3ccncc3)cc2)C=C1. The first kappa shape index (κ1) is 59.6. The Hall–Kier alpha value is -14.1. The lowest BCUT2D eigenvalue weighted by atomic mass is 10.0. The van der Waals surface area contributed by atoms with Crippen LogP contribution in [-0.2, 0) is 0 Å². The topological polar surface area (TPSA) is 173 Å². The van der Waals surface area contributed by atoms with E-state index in [0.717, 1.165) is 158 Å². The summed E-state index contributed by atoms with van der Waals surface area (Å²) in [5, 5.41) is 0. The summed E-state index contributed by atoms with van der Waals surface area (Å²) in [5.74, 6) is 0. The molecule has 0 saturated carbocycles. The Balaban J connectivity index is 0.903. The van der Waals surface area contributed by atoms with Gasteiger partial charge in [-0.2, -0.15) is 0 Å². The summed E-state index contributed by atoms with van der Waals surface area (Å²) in [7, 11) is 0. The van der Waals surface area contributed by atoms with Crippen LogP contribution in [0.4, 0.5) is 68.2 Å². The van der Waals surface area contributed by atoms with Gasteiger partial charge in [0.15, 0.2) is 0 Å². The Morgan fingerprint density at radius 3 is 0.480 bits per heavy atom. The van der Waals surface area contributed by atoms with Crippen LogP contribution in [0.2, 0.25) is 0 Å². The van der Waals surface area contributed by atoms with E-state index in [1.54, 1.807) is 0 Å². The van der Waals surface area contributed by atoms with Gasteiger partial charge in [-0.25, -0.2) is 9.97 Å². The number of hydrogen-bond acceptors (Lipinski definition) is 14. The monoisotopic (exact) mass is 1290 g/mol. The van der Waals surface area contributed by atoms with Gasteiger partial charge in [0.25, 0.3) is 0 Å². The van der Waals surface area contributed by atoms with Gasteiger partial charge in [0.05, 0.1) is 22.8 Å². The van der Waals surface area contributed by atoms with Crippen LogP contribution in [0.25, 0.3) is 90.9 Å². The molecule has 8 bridgehead atoms. The van der Waals surface area contributed by atoms with Crippen molar-refractivity contribution in [1.29, 1.82) is 0 Å². The molecule has 0 amide bonds. The first-order valence-corrected chi connectivity index (χ1v) is 32.6. The van der Waals surface area contributed by atoms with Crippen LogP contribution in [0, 0.1) is 0 Å². The summed E-state index contributed by atoms with van der Waals surface area (Å²) < 4.78 is 0. The Labute approximate surface area is 575 Å². The van der Waals surface area contributed by atoms with E-state index < -0.39 is 0 Å². The van der Waals surface area contributed by atoms with E-state index in [1.165, 1.54) is 0 Å². The summed E-state index contributed by atoms with van der Waals surface area (Å²) in [5.41, 5.74) is 25.5. The standard InChI is InChI=1S/C84H58N16/c1-9-61(97(65-25-41-85-42-26-65)66-27-43-86-44-28-66)10-2-57(1)81-73-17-19-75(93-73)82(58-3-11-62(12-4-58)98(67-29-45-87-46-30-67)68-31-47-88-48-32-68)77-21-23-79(95-77)84(60-7-15-64(16-8-60)100(71-37-53-91-54-38-71)72-39-55-92-56-40-72)80-24-22-78(96-80)83(76-20-18-74(81)94-76)59-5-13-63(14-6-59)99(69-33-49-89-50-34-69)70-35-51-90-52-36-70/h1-56,93,96H. The van der Waals surface area contributed by atoms with Crippen LogP contribution in [0.5, 0.6) is 0 Å². The summed E-state index contributed by atoms with van der Waals surface area (Å²) in [6.45, 7) is 0.